The van der Waals surface area contributed by atoms with Gasteiger partial charge in [0, 0.05) is 13.1 Å². The number of rotatable bonds is 6. The molecule has 1 atom stereocenters. The lowest BCUT2D eigenvalue weighted by Crippen LogP contribution is -2.52. The summed E-state index contributed by atoms with van der Waals surface area (Å²) in [7, 11) is -3.50. The van der Waals surface area contributed by atoms with Gasteiger partial charge < -0.3 is 10.2 Å². The number of carbonyl (C=O) groups excluding carboxylic acids is 1. The maximum atomic E-state index is 12.0. The molecule has 1 aliphatic heterocycles. The second kappa shape index (κ2) is 6.32. The first-order valence-corrected chi connectivity index (χ1v) is 7.68. The third-order valence-corrected chi connectivity index (χ3v) is 3.57. The topological polar surface area (TPSA) is 92.5 Å². The molecule has 1 amide bonds. The van der Waals surface area contributed by atoms with Gasteiger partial charge in [0.15, 0.2) is 0 Å². The molecule has 0 aromatic carbocycles. The fraction of sp³-hybridized carbons (Fsp3) is 0.900. The average Bonchev–Trinajstić information content (AvgIpc) is 2.25. The summed E-state index contributed by atoms with van der Waals surface area (Å²) in [6.45, 7) is 3.67. The first-order chi connectivity index (χ1) is 7.94. The lowest BCUT2D eigenvalue weighted by molar-refractivity contribution is -0.135. The van der Waals surface area contributed by atoms with E-state index >= 15 is 0 Å². The van der Waals surface area contributed by atoms with E-state index in [2.05, 4.69) is 5.32 Å². The third-order valence-electron chi connectivity index (χ3n) is 2.82. The number of primary sulfonamides is 1. The van der Waals surface area contributed by atoms with Gasteiger partial charge in [-0.05, 0) is 25.8 Å². The molecule has 6 nitrogen and oxygen atoms in total. The molecular weight excluding hydrogens is 242 g/mol. The minimum Gasteiger partial charge on any atom is -0.340 e. The lowest BCUT2D eigenvalue weighted by atomic mass is 10.0. The zero-order chi connectivity index (χ0) is 12.9. The van der Waals surface area contributed by atoms with Crippen LogP contribution >= 0.6 is 0 Å². The minimum atomic E-state index is -3.50. The molecule has 3 N–H and O–H groups in total. The van der Waals surface area contributed by atoms with Gasteiger partial charge in [-0.3, -0.25) is 4.79 Å². The van der Waals surface area contributed by atoms with Crippen molar-refractivity contribution >= 4 is 15.9 Å². The lowest BCUT2D eigenvalue weighted by Gasteiger charge is -2.32. The Labute approximate surface area is 103 Å². The number of hydrogen-bond donors (Lipinski definition) is 2. The van der Waals surface area contributed by atoms with Crippen molar-refractivity contribution in [2.75, 3.05) is 25.4 Å². The predicted octanol–water partition coefficient (Wildman–Crippen LogP) is -0.734. The van der Waals surface area contributed by atoms with E-state index in [1.54, 1.807) is 4.90 Å². The van der Waals surface area contributed by atoms with Crippen LogP contribution in [0.25, 0.3) is 0 Å². The number of hydrogen-bond acceptors (Lipinski definition) is 4. The normalized spacial score (nSPS) is 21.9. The molecule has 1 aliphatic rings. The molecule has 100 valence electrons. The van der Waals surface area contributed by atoms with Crippen LogP contribution in [0.1, 0.15) is 26.2 Å². The number of likely N-dealkylation sites (tertiary alicyclic amines) is 1. The third kappa shape index (κ3) is 5.01. The molecule has 0 aliphatic carbocycles. The van der Waals surface area contributed by atoms with E-state index in [0.717, 1.165) is 25.8 Å². The fourth-order valence-electron chi connectivity index (χ4n) is 1.91. The van der Waals surface area contributed by atoms with Gasteiger partial charge in [-0.25, -0.2) is 13.6 Å². The van der Waals surface area contributed by atoms with E-state index in [1.807, 2.05) is 6.92 Å². The molecule has 17 heavy (non-hydrogen) atoms. The summed E-state index contributed by atoms with van der Waals surface area (Å²) in [6.07, 6.45) is 2.70. The molecule has 1 saturated heterocycles. The van der Waals surface area contributed by atoms with Crippen LogP contribution in [0.3, 0.4) is 0 Å². The summed E-state index contributed by atoms with van der Waals surface area (Å²) in [4.78, 5) is 13.6. The van der Waals surface area contributed by atoms with Crippen LogP contribution < -0.4 is 10.5 Å². The highest BCUT2D eigenvalue weighted by Gasteiger charge is 2.28. The Hall–Kier alpha value is -0.660. The molecule has 0 saturated carbocycles. The van der Waals surface area contributed by atoms with Crippen LogP contribution in [0.2, 0.25) is 0 Å². The first-order valence-electron chi connectivity index (χ1n) is 5.96. The van der Waals surface area contributed by atoms with Crippen LogP contribution in [0.15, 0.2) is 0 Å². The molecule has 0 aromatic rings. The van der Waals surface area contributed by atoms with Crippen LogP contribution in [-0.2, 0) is 14.8 Å². The molecule has 1 unspecified atom stereocenters. The standard InChI is InChI=1S/C10H21N3O3S/c1-2-5-12-9-4-3-6-13(10(9)14)7-8-17(11,15)16/h9,12H,2-8H2,1H3,(H2,11,15,16). The van der Waals surface area contributed by atoms with Crippen molar-refractivity contribution < 1.29 is 13.2 Å². The van der Waals surface area contributed by atoms with Gasteiger partial charge in [-0.2, -0.15) is 0 Å². The molecule has 0 radical (unpaired) electrons. The number of sulfonamides is 1. The van der Waals surface area contributed by atoms with Gasteiger partial charge in [0.2, 0.25) is 15.9 Å². The van der Waals surface area contributed by atoms with Crippen molar-refractivity contribution in [3.05, 3.63) is 0 Å². The van der Waals surface area contributed by atoms with E-state index in [9.17, 15) is 13.2 Å². The van der Waals surface area contributed by atoms with E-state index in [0.29, 0.717) is 6.54 Å². The number of amides is 1. The van der Waals surface area contributed by atoms with Gasteiger partial charge in [-0.15, -0.1) is 0 Å². The van der Waals surface area contributed by atoms with Gasteiger partial charge in [-0.1, -0.05) is 6.92 Å². The van der Waals surface area contributed by atoms with Crippen molar-refractivity contribution in [3.8, 4) is 0 Å². The molecule has 1 heterocycles. The summed E-state index contributed by atoms with van der Waals surface area (Å²) in [5.41, 5.74) is 0. The first kappa shape index (κ1) is 14.4. The van der Waals surface area contributed by atoms with Crippen LogP contribution in [0.4, 0.5) is 0 Å². The highest BCUT2D eigenvalue weighted by molar-refractivity contribution is 7.89. The number of piperidine rings is 1. The second-order valence-electron chi connectivity index (χ2n) is 4.34. The van der Waals surface area contributed by atoms with Gasteiger partial charge in [0.25, 0.3) is 0 Å². The van der Waals surface area contributed by atoms with Crippen LogP contribution in [0, 0.1) is 0 Å². The van der Waals surface area contributed by atoms with Crippen molar-refractivity contribution in [2.45, 2.75) is 32.2 Å². The minimum absolute atomic E-state index is 0.00616. The van der Waals surface area contributed by atoms with Crippen LogP contribution in [-0.4, -0.2) is 50.7 Å². The summed E-state index contributed by atoms with van der Waals surface area (Å²) < 4.78 is 21.7. The molecule has 1 fully saturated rings. The highest BCUT2D eigenvalue weighted by Crippen LogP contribution is 2.11. The van der Waals surface area contributed by atoms with Crippen molar-refractivity contribution in [1.29, 1.82) is 0 Å². The largest absolute Gasteiger partial charge is 0.340 e. The van der Waals surface area contributed by atoms with E-state index in [1.165, 1.54) is 0 Å². The predicted molar refractivity (Wildman–Crippen MR) is 65.9 cm³/mol. The van der Waals surface area contributed by atoms with Gasteiger partial charge in [0.05, 0.1) is 11.8 Å². The zero-order valence-corrected chi connectivity index (χ0v) is 11.0. The maximum Gasteiger partial charge on any atom is 0.239 e. The summed E-state index contributed by atoms with van der Waals surface area (Å²) in [6, 6.07) is -0.163. The quantitative estimate of drug-likeness (QED) is 0.660. The number of nitrogens with one attached hydrogen (secondary N) is 1. The molecule has 0 aromatic heterocycles. The second-order valence-corrected chi connectivity index (χ2v) is 6.08. The SMILES string of the molecule is CCCNC1CCCN(CCS(N)(=O)=O)C1=O. The number of nitrogens with two attached hydrogens (primary N) is 1. The van der Waals surface area contributed by atoms with Gasteiger partial charge in [0.1, 0.15) is 0 Å². The maximum absolute atomic E-state index is 12.0. The molecule has 7 heteroatoms. The number of nitrogens with zero attached hydrogens (tertiary/aromatic N) is 1. The van der Waals surface area contributed by atoms with Crippen molar-refractivity contribution in [3.63, 3.8) is 0 Å². The molecule has 0 spiro atoms. The average molecular weight is 263 g/mol. The summed E-state index contributed by atoms with van der Waals surface area (Å²) >= 11 is 0. The Kier molecular flexibility index (Phi) is 5.35. The highest BCUT2D eigenvalue weighted by atomic mass is 32.2. The Balaban J connectivity index is 2.47. The van der Waals surface area contributed by atoms with Crippen molar-refractivity contribution in [1.82, 2.24) is 10.2 Å². The fourth-order valence-corrected chi connectivity index (χ4v) is 2.38. The molecule has 1 rings (SSSR count). The Morgan fingerprint density at radius 2 is 2.24 bits per heavy atom. The summed E-state index contributed by atoms with van der Waals surface area (Å²) in [5.74, 6) is -0.174. The van der Waals surface area contributed by atoms with Crippen LogP contribution in [0.5, 0.6) is 0 Å². The van der Waals surface area contributed by atoms with E-state index in [4.69, 9.17) is 5.14 Å². The number of carbonyl (C=O) groups is 1. The Morgan fingerprint density at radius 1 is 1.53 bits per heavy atom. The van der Waals surface area contributed by atoms with Gasteiger partial charge >= 0.3 is 0 Å². The van der Waals surface area contributed by atoms with E-state index in [-0.39, 0.29) is 24.2 Å². The smallest absolute Gasteiger partial charge is 0.239 e. The zero-order valence-electron chi connectivity index (χ0n) is 10.2. The van der Waals surface area contributed by atoms with E-state index < -0.39 is 10.0 Å². The monoisotopic (exact) mass is 263 g/mol. The molecule has 0 bridgehead atoms. The van der Waals surface area contributed by atoms with Crippen molar-refractivity contribution in [2.24, 2.45) is 5.14 Å². The summed E-state index contributed by atoms with van der Waals surface area (Å²) in [5, 5.41) is 8.11. The Morgan fingerprint density at radius 3 is 2.82 bits per heavy atom. The Bertz CT molecular complexity index is 356. The molecular formula is C10H21N3O3S.